The minimum absolute atomic E-state index is 0.0853. The number of carbonyl (C=O) groups excluding carboxylic acids is 1. The number of likely N-dealkylation sites (tertiary alicyclic amines) is 1. The predicted molar refractivity (Wildman–Crippen MR) is 115 cm³/mol. The van der Waals surface area contributed by atoms with Crippen LogP contribution in [0.3, 0.4) is 0 Å². The summed E-state index contributed by atoms with van der Waals surface area (Å²) in [5.74, 6) is 3.53. The third-order valence-electron chi connectivity index (χ3n) is 6.64. The fourth-order valence-corrected chi connectivity index (χ4v) is 4.96. The normalized spacial score (nSPS) is 25.9. The highest BCUT2D eigenvalue weighted by atomic mass is 16.7. The molecule has 0 spiro atoms. The Balaban J connectivity index is 1.28. The maximum absolute atomic E-state index is 13.3. The number of hydrogen-bond donors (Lipinski definition) is 1. The van der Waals surface area contributed by atoms with E-state index < -0.39 is 6.10 Å². The molecule has 2 fully saturated rings. The number of nitrogens with zero attached hydrogens (tertiary/aromatic N) is 1. The van der Waals surface area contributed by atoms with Crippen LogP contribution in [-0.4, -0.2) is 62.2 Å². The van der Waals surface area contributed by atoms with Gasteiger partial charge in [-0.2, -0.15) is 0 Å². The fourth-order valence-electron chi connectivity index (χ4n) is 4.96. The number of aliphatic hydroxyl groups excluding tert-OH is 1. The van der Waals surface area contributed by atoms with Crippen molar-refractivity contribution < 1.29 is 33.6 Å². The van der Waals surface area contributed by atoms with Gasteiger partial charge in [-0.3, -0.25) is 4.79 Å². The molecule has 1 N–H and O–H groups in total. The monoisotopic (exact) mass is 441 g/mol. The Hall–Kier alpha value is -3.13. The first-order valence-corrected chi connectivity index (χ1v) is 10.8. The van der Waals surface area contributed by atoms with Gasteiger partial charge in [-0.15, -0.1) is 0 Å². The molecule has 8 nitrogen and oxygen atoms in total. The minimum atomic E-state index is -0.594. The van der Waals surface area contributed by atoms with Gasteiger partial charge in [-0.1, -0.05) is 0 Å². The zero-order valence-corrected chi connectivity index (χ0v) is 18.2. The van der Waals surface area contributed by atoms with Gasteiger partial charge >= 0.3 is 0 Å². The molecule has 2 aliphatic heterocycles. The van der Waals surface area contributed by atoms with Gasteiger partial charge in [0.1, 0.15) is 23.4 Å². The molecule has 0 unspecified atom stereocenters. The van der Waals surface area contributed by atoms with Crippen LogP contribution in [0.25, 0.3) is 0 Å². The Kier molecular flexibility index (Phi) is 5.46. The molecule has 0 radical (unpaired) electrons. The first-order chi connectivity index (χ1) is 15.6. The Bertz CT molecular complexity index is 1010. The fraction of sp³-hybridized carbons (Fsp3) is 0.458. The van der Waals surface area contributed by atoms with Gasteiger partial charge in [0.15, 0.2) is 11.5 Å². The largest absolute Gasteiger partial charge is 0.497 e. The number of hydrogen-bond acceptors (Lipinski definition) is 7. The zero-order chi connectivity index (χ0) is 22.2. The first kappa shape index (κ1) is 20.8. The Morgan fingerprint density at radius 2 is 1.72 bits per heavy atom. The highest BCUT2D eigenvalue weighted by Crippen LogP contribution is 2.41. The molecule has 5 rings (SSSR count). The Morgan fingerprint density at radius 3 is 2.50 bits per heavy atom. The molecular formula is C24H27NO7. The summed E-state index contributed by atoms with van der Waals surface area (Å²) in [5.41, 5.74) is 0.485. The molecule has 170 valence electrons. The van der Waals surface area contributed by atoms with E-state index in [0.717, 1.165) is 0 Å². The van der Waals surface area contributed by atoms with E-state index in [1.54, 1.807) is 38.5 Å². The molecule has 8 heteroatoms. The van der Waals surface area contributed by atoms with E-state index in [1.165, 1.54) is 0 Å². The molecule has 1 aliphatic carbocycles. The second-order valence-corrected chi connectivity index (χ2v) is 8.51. The number of fused-ring (bicyclic) bond motifs is 2. The van der Waals surface area contributed by atoms with E-state index in [2.05, 4.69) is 0 Å². The summed E-state index contributed by atoms with van der Waals surface area (Å²) in [6, 6.07) is 10.7. The number of benzene rings is 2. The Labute approximate surface area is 186 Å². The third kappa shape index (κ3) is 3.79. The lowest BCUT2D eigenvalue weighted by Gasteiger charge is -2.35. The number of carbonyl (C=O) groups is 1. The van der Waals surface area contributed by atoms with Crippen LogP contribution in [0.1, 0.15) is 23.2 Å². The molecule has 4 atom stereocenters. The van der Waals surface area contributed by atoms with Crippen molar-refractivity contribution in [2.45, 2.75) is 25.0 Å². The van der Waals surface area contributed by atoms with Crippen LogP contribution in [0, 0.1) is 11.8 Å². The lowest BCUT2D eigenvalue weighted by atomic mass is 9.78. The lowest BCUT2D eigenvalue weighted by Crippen LogP contribution is -2.42. The highest BCUT2D eigenvalue weighted by molar-refractivity contribution is 5.97. The molecule has 2 aromatic carbocycles. The van der Waals surface area contributed by atoms with E-state index in [4.69, 9.17) is 23.7 Å². The summed E-state index contributed by atoms with van der Waals surface area (Å²) in [5, 5.41) is 10.7. The van der Waals surface area contributed by atoms with Crippen molar-refractivity contribution in [2.75, 3.05) is 34.1 Å². The molecule has 0 aromatic heterocycles. The number of ether oxygens (including phenoxy) is 5. The van der Waals surface area contributed by atoms with Crippen LogP contribution in [0.2, 0.25) is 0 Å². The maximum Gasteiger partial charge on any atom is 0.257 e. The second kappa shape index (κ2) is 8.43. The van der Waals surface area contributed by atoms with Crippen LogP contribution in [0.5, 0.6) is 28.7 Å². The van der Waals surface area contributed by atoms with Gasteiger partial charge in [-0.05, 0) is 55.0 Å². The van der Waals surface area contributed by atoms with Gasteiger partial charge in [-0.25, -0.2) is 0 Å². The molecule has 0 bridgehead atoms. The first-order valence-electron chi connectivity index (χ1n) is 10.8. The lowest BCUT2D eigenvalue weighted by molar-refractivity contribution is -0.0232. The molecule has 1 saturated carbocycles. The third-order valence-corrected chi connectivity index (χ3v) is 6.64. The summed E-state index contributed by atoms with van der Waals surface area (Å²) < 4.78 is 27.6. The molecular weight excluding hydrogens is 414 g/mol. The molecule has 32 heavy (non-hydrogen) atoms. The van der Waals surface area contributed by atoms with Crippen LogP contribution in [-0.2, 0) is 0 Å². The van der Waals surface area contributed by atoms with Crippen LogP contribution >= 0.6 is 0 Å². The van der Waals surface area contributed by atoms with Crippen molar-refractivity contribution >= 4 is 5.91 Å². The maximum atomic E-state index is 13.3. The van der Waals surface area contributed by atoms with Crippen molar-refractivity contribution in [3.05, 3.63) is 42.0 Å². The average Bonchev–Trinajstić information content (AvgIpc) is 3.44. The van der Waals surface area contributed by atoms with Crippen molar-refractivity contribution in [2.24, 2.45) is 11.8 Å². The van der Waals surface area contributed by atoms with Gasteiger partial charge < -0.3 is 33.7 Å². The number of methoxy groups -OCH3 is 2. The number of amides is 1. The summed E-state index contributed by atoms with van der Waals surface area (Å²) in [6.45, 7) is 1.44. The number of aliphatic hydroxyl groups is 1. The van der Waals surface area contributed by atoms with Gasteiger partial charge in [0.2, 0.25) is 6.79 Å². The van der Waals surface area contributed by atoms with E-state index in [0.29, 0.717) is 60.2 Å². The quantitative estimate of drug-likeness (QED) is 0.764. The standard InChI is InChI=1S/C24H27NO7/c1-28-16-3-5-20(29-2)18(9-16)24(27)25-11-14-7-19(26)22(8-15(14)12-25)32-17-4-6-21-23(10-17)31-13-30-21/h3-6,9-10,14-15,19,22,26H,7-8,11-13H2,1-2H3/t14-,15+,19+,22+/m0/s1. The topological polar surface area (TPSA) is 86.7 Å². The SMILES string of the molecule is COc1ccc(OC)c(C(=O)N2C[C@H]3C[C@@H](Oc4ccc5c(c4)OCO5)[C@H](O)C[C@H]3C2)c1. The summed E-state index contributed by atoms with van der Waals surface area (Å²) >= 11 is 0. The summed E-state index contributed by atoms with van der Waals surface area (Å²) in [7, 11) is 3.12. The summed E-state index contributed by atoms with van der Waals surface area (Å²) in [6.07, 6.45) is 0.346. The average molecular weight is 441 g/mol. The van der Waals surface area contributed by atoms with Crippen LogP contribution < -0.4 is 23.7 Å². The number of rotatable bonds is 5. The van der Waals surface area contributed by atoms with Gasteiger partial charge in [0, 0.05) is 19.2 Å². The highest BCUT2D eigenvalue weighted by Gasteiger charge is 2.44. The van der Waals surface area contributed by atoms with E-state index in [1.807, 2.05) is 17.0 Å². The van der Waals surface area contributed by atoms with Crippen LogP contribution in [0.4, 0.5) is 0 Å². The second-order valence-electron chi connectivity index (χ2n) is 8.51. The van der Waals surface area contributed by atoms with Gasteiger partial charge in [0.05, 0.1) is 25.9 Å². The van der Waals surface area contributed by atoms with Crippen molar-refractivity contribution in [3.63, 3.8) is 0 Å². The Morgan fingerprint density at radius 1 is 0.969 bits per heavy atom. The zero-order valence-electron chi connectivity index (χ0n) is 18.2. The van der Waals surface area contributed by atoms with E-state index >= 15 is 0 Å². The molecule has 2 aromatic rings. The predicted octanol–water partition coefficient (Wildman–Crippen LogP) is 2.72. The molecule has 2 heterocycles. The van der Waals surface area contributed by atoms with Crippen molar-refractivity contribution in [1.29, 1.82) is 0 Å². The van der Waals surface area contributed by atoms with Crippen LogP contribution in [0.15, 0.2) is 36.4 Å². The van der Waals surface area contributed by atoms with E-state index in [9.17, 15) is 9.90 Å². The van der Waals surface area contributed by atoms with Gasteiger partial charge in [0.25, 0.3) is 5.91 Å². The van der Waals surface area contributed by atoms with Crippen molar-refractivity contribution in [1.82, 2.24) is 4.90 Å². The van der Waals surface area contributed by atoms with E-state index in [-0.39, 0.29) is 30.6 Å². The molecule has 3 aliphatic rings. The molecule has 1 saturated heterocycles. The van der Waals surface area contributed by atoms with Crippen molar-refractivity contribution in [3.8, 4) is 28.7 Å². The minimum Gasteiger partial charge on any atom is -0.497 e. The molecule has 1 amide bonds. The summed E-state index contributed by atoms with van der Waals surface area (Å²) in [4.78, 5) is 15.1. The smallest absolute Gasteiger partial charge is 0.257 e.